The molecule has 0 saturated heterocycles. The summed E-state index contributed by atoms with van der Waals surface area (Å²) < 4.78 is 13.7. The van der Waals surface area contributed by atoms with Gasteiger partial charge < -0.3 is 14.8 Å². The van der Waals surface area contributed by atoms with Crippen LogP contribution >= 0.6 is 11.8 Å². The average molecular weight is 493 g/mol. The Kier molecular flexibility index (Phi) is 7.80. The fourth-order valence-corrected chi connectivity index (χ4v) is 4.66. The summed E-state index contributed by atoms with van der Waals surface area (Å²) in [5.41, 5.74) is 4.30. The Morgan fingerprint density at radius 2 is 1.89 bits per heavy atom. The molecule has 4 rings (SSSR count). The van der Waals surface area contributed by atoms with E-state index in [0.29, 0.717) is 34.7 Å². The molecule has 0 radical (unpaired) electrons. The van der Waals surface area contributed by atoms with Crippen LogP contribution in [0.4, 0.5) is 5.95 Å². The lowest BCUT2D eigenvalue weighted by molar-refractivity contribution is -0.143. The predicted molar refractivity (Wildman–Crippen MR) is 139 cm³/mol. The maximum absolute atomic E-state index is 13.3. The molecular formula is C27H32N4O3S. The van der Waals surface area contributed by atoms with Gasteiger partial charge in [0.05, 0.1) is 11.7 Å². The lowest BCUT2D eigenvalue weighted by Crippen LogP contribution is -2.31. The number of aryl methyl sites for hydroxylation is 1. The fraction of sp³-hybridized carbons (Fsp3) is 0.370. The molecule has 1 N–H and O–H groups in total. The standard InChI is InChI=1S/C27H32N4O3S/c1-6-15-35-27-29-26-28-19(5)23(25(32)34-17(2)3)24(31(26)30-27)21-13-9-10-14-22(21)33-16-20-12-8-7-11-18(20)4/h7-14,17,24H,6,15-16H2,1-5H3,(H,28,29,30). The second kappa shape index (κ2) is 11.0. The van der Waals surface area contributed by atoms with Crippen LogP contribution in [0.1, 0.15) is 56.8 Å². The Morgan fingerprint density at radius 1 is 1.14 bits per heavy atom. The second-order valence-corrected chi connectivity index (χ2v) is 9.85. The van der Waals surface area contributed by atoms with Gasteiger partial charge in [-0.25, -0.2) is 9.48 Å². The van der Waals surface area contributed by atoms with Gasteiger partial charge in [-0.2, -0.15) is 4.98 Å². The first kappa shape index (κ1) is 24.9. The molecule has 7 nitrogen and oxygen atoms in total. The van der Waals surface area contributed by atoms with Gasteiger partial charge >= 0.3 is 5.97 Å². The van der Waals surface area contributed by atoms with Crippen LogP contribution in [0.5, 0.6) is 5.75 Å². The zero-order chi connectivity index (χ0) is 24.9. The highest BCUT2D eigenvalue weighted by atomic mass is 32.2. The monoisotopic (exact) mass is 492 g/mol. The Hall–Kier alpha value is -3.26. The highest BCUT2D eigenvalue weighted by Crippen LogP contribution is 2.40. The Bertz CT molecular complexity index is 1230. The number of fused-ring (bicyclic) bond motifs is 1. The smallest absolute Gasteiger partial charge is 0.338 e. The number of benzene rings is 2. The summed E-state index contributed by atoms with van der Waals surface area (Å²) in [6.07, 6.45) is 0.772. The largest absolute Gasteiger partial charge is 0.489 e. The number of hydrogen-bond donors (Lipinski definition) is 1. The quantitative estimate of drug-likeness (QED) is 0.294. The molecule has 1 atom stereocenters. The fourth-order valence-electron chi connectivity index (χ4n) is 3.98. The number of thioether (sulfide) groups is 1. The van der Waals surface area contributed by atoms with Crippen molar-refractivity contribution in [2.24, 2.45) is 0 Å². The maximum Gasteiger partial charge on any atom is 0.338 e. The van der Waals surface area contributed by atoms with Crippen molar-refractivity contribution in [1.82, 2.24) is 14.8 Å². The Balaban J connectivity index is 1.77. The third-order valence-corrected chi connectivity index (χ3v) is 6.73. The first-order chi connectivity index (χ1) is 16.9. The van der Waals surface area contributed by atoms with E-state index in [1.54, 1.807) is 16.4 Å². The molecule has 1 aliphatic rings. The Morgan fingerprint density at radius 3 is 2.63 bits per heavy atom. The van der Waals surface area contributed by atoms with Crippen LogP contribution in [-0.4, -0.2) is 32.6 Å². The number of allylic oxidation sites excluding steroid dienone is 1. The van der Waals surface area contributed by atoms with Gasteiger partial charge in [0, 0.05) is 17.0 Å². The van der Waals surface area contributed by atoms with Gasteiger partial charge in [-0.05, 0) is 51.3 Å². The van der Waals surface area contributed by atoms with Gasteiger partial charge in [0.25, 0.3) is 0 Å². The molecule has 35 heavy (non-hydrogen) atoms. The molecular weight excluding hydrogens is 460 g/mol. The number of hydrogen-bond acceptors (Lipinski definition) is 7. The lowest BCUT2D eigenvalue weighted by atomic mass is 9.95. The molecule has 184 valence electrons. The van der Waals surface area contributed by atoms with E-state index in [9.17, 15) is 4.79 Å². The number of esters is 1. The molecule has 3 aromatic rings. The summed E-state index contributed by atoms with van der Waals surface area (Å²) in [5.74, 6) is 1.82. The molecule has 2 aromatic carbocycles. The van der Waals surface area contributed by atoms with E-state index in [0.717, 1.165) is 23.3 Å². The van der Waals surface area contributed by atoms with Gasteiger partial charge in [-0.3, -0.25) is 0 Å². The number of carbonyl (C=O) groups excluding carboxylic acids is 1. The van der Waals surface area contributed by atoms with E-state index in [4.69, 9.17) is 14.6 Å². The molecule has 1 unspecified atom stereocenters. The van der Waals surface area contributed by atoms with Crippen molar-refractivity contribution < 1.29 is 14.3 Å². The van der Waals surface area contributed by atoms with E-state index >= 15 is 0 Å². The lowest BCUT2D eigenvalue weighted by Gasteiger charge is -2.29. The number of carbonyl (C=O) groups is 1. The summed E-state index contributed by atoms with van der Waals surface area (Å²) >= 11 is 1.60. The second-order valence-electron chi connectivity index (χ2n) is 8.78. The van der Waals surface area contributed by atoms with Gasteiger partial charge in [-0.1, -0.05) is 61.2 Å². The third kappa shape index (κ3) is 5.53. The summed E-state index contributed by atoms with van der Waals surface area (Å²) in [4.78, 5) is 18.0. The molecule has 0 saturated carbocycles. The maximum atomic E-state index is 13.3. The van der Waals surface area contributed by atoms with Crippen LogP contribution in [-0.2, 0) is 16.1 Å². The third-order valence-electron chi connectivity index (χ3n) is 5.69. The van der Waals surface area contributed by atoms with Crippen LogP contribution in [0.25, 0.3) is 0 Å². The average Bonchev–Trinajstić information content (AvgIpc) is 3.23. The van der Waals surface area contributed by atoms with Crippen LogP contribution in [0, 0.1) is 6.92 Å². The molecule has 1 aromatic heterocycles. The number of para-hydroxylation sites is 1. The first-order valence-corrected chi connectivity index (χ1v) is 12.9. The van der Waals surface area contributed by atoms with E-state index < -0.39 is 6.04 Å². The minimum Gasteiger partial charge on any atom is -0.489 e. The number of nitrogens with one attached hydrogen (secondary N) is 1. The van der Waals surface area contributed by atoms with Gasteiger partial charge in [0.2, 0.25) is 11.1 Å². The van der Waals surface area contributed by atoms with Gasteiger partial charge in [-0.15, -0.1) is 5.10 Å². The molecule has 0 aliphatic carbocycles. The van der Waals surface area contributed by atoms with E-state index in [2.05, 4.69) is 36.3 Å². The molecule has 0 spiro atoms. The van der Waals surface area contributed by atoms with Crippen molar-refractivity contribution >= 4 is 23.7 Å². The SMILES string of the molecule is CCCSc1nc2n(n1)C(c1ccccc1OCc1ccccc1C)C(C(=O)OC(C)C)=C(C)N2. The minimum absolute atomic E-state index is 0.246. The molecule has 0 fully saturated rings. The zero-order valence-corrected chi connectivity index (χ0v) is 21.7. The van der Waals surface area contributed by atoms with Crippen LogP contribution < -0.4 is 10.1 Å². The number of aromatic nitrogens is 3. The van der Waals surface area contributed by atoms with Crippen molar-refractivity contribution in [2.45, 2.75) is 64.9 Å². The molecule has 8 heteroatoms. The zero-order valence-electron chi connectivity index (χ0n) is 20.9. The van der Waals surface area contributed by atoms with Crippen molar-refractivity contribution in [3.05, 3.63) is 76.5 Å². The van der Waals surface area contributed by atoms with Gasteiger partial charge in [0.15, 0.2) is 0 Å². The topological polar surface area (TPSA) is 78.3 Å². The molecule has 0 amide bonds. The van der Waals surface area contributed by atoms with Crippen molar-refractivity contribution in [1.29, 1.82) is 0 Å². The predicted octanol–water partition coefficient (Wildman–Crippen LogP) is 5.91. The highest BCUT2D eigenvalue weighted by Gasteiger charge is 2.37. The van der Waals surface area contributed by atoms with Crippen LogP contribution in [0.2, 0.25) is 0 Å². The summed E-state index contributed by atoms with van der Waals surface area (Å²) in [7, 11) is 0. The van der Waals surface area contributed by atoms with Crippen molar-refractivity contribution in [3.8, 4) is 5.75 Å². The summed E-state index contributed by atoms with van der Waals surface area (Å²) in [6.45, 7) is 10.2. The minimum atomic E-state index is -0.533. The van der Waals surface area contributed by atoms with Gasteiger partial charge in [0.1, 0.15) is 18.4 Å². The summed E-state index contributed by atoms with van der Waals surface area (Å²) in [6, 6.07) is 15.4. The molecule has 1 aliphatic heterocycles. The number of ether oxygens (including phenoxy) is 2. The normalized spacial score (nSPS) is 15.1. The number of nitrogens with zero attached hydrogens (tertiary/aromatic N) is 3. The van der Waals surface area contributed by atoms with Crippen LogP contribution in [0.15, 0.2) is 65.0 Å². The molecule has 2 heterocycles. The van der Waals surface area contributed by atoms with E-state index in [-0.39, 0.29) is 12.1 Å². The highest BCUT2D eigenvalue weighted by molar-refractivity contribution is 7.99. The van der Waals surface area contributed by atoms with Crippen molar-refractivity contribution in [3.63, 3.8) is 0 Å². The van der Waals surface area contributed by atoms with Crippen molar-refractivity contribution in [2.75, 3.05) is 11.1 Å². The van der Waals surface area contributed by atoms with E-state index in [1.807, 2.05) is 57.2 Å². The summed E-state index contributed by atoms with van der Waals surface area (Å²) in [5, 5.41) is 8.70. The van der Waals surface area contributed by atoms with Crippen LogP contribution in [0.3, 0.4) is 0 Å². The molecule has 0 bridgehead atoms. The first-order valence-electron chi connectivity index (χ1n) is 11.9. The van der Waals surface area contributed by atoms with E-state index in [1.165, 1.54) is 5.56 Å². The number of anilines is 1. The Labute approximate surface area is 210 Å². The number of rotatable bonds is 9.